The Bertz CT molecular complexity index is 1460. The van der Waals surface area contributed by atoms with E-state index in [-0.39, 0.29) is 11.5 Å². The zero-order chi connectivity index (χ0) is 25.6. The van der Waals surface area contributed by atoms with Crippen molar-refractivity contribution in [3.63, 3.8) is 0 Å². The van der Waals surface area contributed by atoms with E-state index in [1.54, 1.807) is 18.2 Å². The first-order valence-electron chi connectivity index (χ1n) is 12.3. The second kappa shape index (κ2) is 8.94. The van der Waals surface area contributed by atoms with Gasteiger partial charge in [-0.2, -0.15) is 0 Å². The Hall–Kier alpha value is -3.93. The molecule has 2 aromatic heterocycles. The van der Waals surface area contributed by atoms with E-state index in [0.717, 1.165) is 46.6 Å². The zero-order valence-electron chi connectivity index (χ0n) is 21.0. The molecule has 1 unspecified atom stereocenters. The highest BCUT2D eigenvalue weighted by molar-refractivity contribution is 5.96. The zero-order valence-corrected chi connectivity index (χ0v) is 21.0. The number of pyridine rings is 1. The van der Waals surface area contributed by atoms with Crippen LogP contribution in [0.25, 0.3) is 16.8 Å². The van der Waals surface area contributed by atoms with Crippen LogP contribution in [0.2, 0.25) is 0 Å². The molecular formula is C30H30N2O4. The smallest absolute Gasteiger partial charge is 0.336 e. The number of carbonyl (C=O) groups excluding carboxylic acids is 1. The summed E-state index contributed by atoms with van der Waals surface area (Å²) in [6.07, 6.45) is 3.73. The molecule has 1 aliphatic carbocycles. The van der Waals surface area contributed by atoms with Crippen molar-refractivity contribution in [1.82, 2.24) is 9.38 Å². The van der Waals surface area contributed by atoms with Crippen LogP contribution in [0.1, 0.15) is 78.5 Å². The highest BCUT2D eigenvalue weighted by atomic mass is 16.5. The minimum atomic E-state index is -0.972. The highest BCUT2D eigenvalue weighted by Crippen LogP contribution is 2.40. The first kappa shape index (κ1) is 23.8. The number of ether oxygens (including phenoxy) is 1. The number of carboxylic acids is 1. The predicted octanol–water partition coefficient (Wildman–Crippen LogP) is 6.56. The Balaban J connectivity index is 1.60. The number of benzene rings is 2. The number of imidazole rings is 1. The van der Waals surface area contributed by atoms with Gasteiger partial charge in [-0.3, -0.25) is 9.20 Å². The summed E-state index contributed by atoms with van der Waals surface area (Å²) in [4.78, 5) is 29.6. The fraction of sp³-hybridized carbons (Fsp3) is 0.300. The Kier molecular flexibility index (Phi) is 5.91. The molecule has 1 fully saturated rings. The molecule has 0 radical (unpaired) electrons. The molecule has 1 saturated carbocycles. The summed E-state index contributed by atoms with van der Waals surface area (Å²) in [5, 5.41) is 9.60. The predicted molar refractivity (Wildman–Crippen MR) is 138 cm³/mol. The van der Waals surface area contributed by atoms with E-state index in [1.165, 1.54) is 0 Å². The van der Waals surface area contributed by atoms with Crippen molar-refractivity contribution >= 4 is 17.6 Å². The summed E-state index contributed by atoms with van der Waals surface area (Å²) < 4.78 is 8.20. The van der Waals surface area contributed by atoms with Gasteiger partial charge in [0.1, 0.15) is 5.65 Å². The number of hydrogen-bond acceptors (Lipinski definition) is 4. The first-order chi connectivity index (χ1) is 17.1. The van der Waals surface area contributed by atoms with Crippen molar-refractivity contribution < 1.29 is 19.4 Å². The minimum absolute atomic E-state index is 0.243. The van der Waals surface area contributed by atoms with Crippen molar-refractivity contribution in [3.05, 3.63) is 94.9 Å². The molecule has 0 saturated heterocycles. The van der Waals surface area contributed by atoms with Crippen LogP contribution in [-0.2, 0) is 9.53 Å². The average Bonchev–Trinajstić information content (AvgIpc) is 3.60. The number of esters is 1. The fourth-order valence-electron chi connectivity index (χ4n) is 4.37. The second-order valence-electron chi connectivity index (χ2n) is 10.6. The van der Waals surface area contributed by atoms with Crippen LogP contribution in [0.5, 0.6) is 0 Å². The number of aryl methyl sites for hydroxylation is 1. The molecule has 0 spiro atoms. The number of rotatable bonds is 6. The van der Waals surface area contributed by atoms with Gasteiger partial charge in [0.15, 0.2) is 6.10 Å². The summed E-state index contributed by atoms with van der Waals surface area (Å²) in [7, 11) is 0. The van der Waals surface area contributed by atoms with Crippen molar-refractivity contribution in [1.29, 1.82) is 0 Å². The van der Waals surface area contributed by atoms with Crippen molar-refractivity contribution in [2.24, 2.45) is 5.41 Å². The molecule has 0 amide bonds. The van der Waals surface area contributed by atoms with Crippen molar-refractivity contribution in [2.45, 2.75) is 52.6 Å². The molecule has 4 aromatic rings. The number of nitrogens with zero attached hydrogens (tertiary/aromatic N) is 2. The third-order valence-electron chi connectivity index (χ3n) is 6.64. The van der Waals surface area contributed by atoms with Gasteiger partial charge in [-0.1, -0.05) is 48.5 Å². The van der Waals surface area contributed by atoms with E-state index in [4.69, 9.17) is 9.72 Å². The van der Waals surface area contributed by atoms with Crippen LogP contribution in [0, 0.1) is 12.3 Å². The minimum Gasteiger partial charge on any atom is -0.478 e. The summed E-state index contributed by atoms with van der Waals surface area (Å²) in [6, 6.07) is 18.5. The Morgan fingerprint density at radius 1 is 1.03 bits per heavy atom. The number of aromatic carboxylic acids is 1. The molecule has 5 rings (SSSR count). The van der Waals surface area contributed by atoms with Gasteiger partial charge in [0.2, 0.25) is 0 Å². The number of carboxylic acid groups (broad SMARTS) is 1. The second-order valence-corrected chi connectivity index (χ2v) is 10.6. The van der Waals surface area contributed by atoms with Gasteiger partial charge in [0.25, 0.3) is 0 Å². The normalized spacial score (nSPS) is 14.6. The Morgan fingerprint density at radius 2 is 1.72 bits per heavy atom. The van der Waals surface area contributed by atoms with Crippen LogP contribution in [-0.4, -0.2) is 26.4 Å². The van der Waals surface area contributed by atoms with E-state index >= 15 is 0 Å². The summed E-state index contributed by atoms with van der Waals surface area (Å²) in [6.45, 7) is 7.55. The number of fused-ring (bicyclic) bond motifs is 1. The summed E-state index contributed by atoms with van der Waals surface area (Å²) in [5.74, 6) is -0.773. The molecule has 1 aliphatic rings. The SMILES string of the molecule is Cc1ccc(C(OC(=O)C(C)(C)C)c2ccc(-c3ccccc3C(=O)O)cc2)n2cc(C3CC3)nc12. The maximum absolute atomic E-state index is 13.0. The number of aromatic nitrogens is 2. The van der Waals surface area contributed by atoms with Gasteiger partial charge < -0.3 is 9.84 Å². The van der Waals surface area contributed by atoms with E-state index in [2.05, 4.69) is 10.6 Å². The highest BCUT2D eigenvalue weighted by Gasteiger charge is 2.31. The molecule has 0 aliphatic heterocycles. The van der Waals surface area contributed by atoms with E-state index in [0.29, 0.717) is 11.5 Å². The lowest BCUT2D eigenvalue weighted by atomic mass is 9.95. The maximum Gasteiger partial charge on any atom is 0.336 e. The van der Waals surface area contributed by atoms with Gasteiger partial charge >= 0.3 is 11.9 Å². The van der Waals surface area contributed by atoms with Crippen LogP contribution in [0.4, 0.5) is 0 Å². The molecular weight excluding hydrogens is 452 g/mol. The largest absolute Gasteiger partial charge is 0.478 e. The molecule has 6 nitrogen and oxygen atoms in total. The fourth-order valence-corrected chi connectivity index (χ4v) is 4.37. The lowest BCUT2D eigenvalue weighted by Crippen LogP contribution is -2.26. The van der Waals surface area contributed by atoms with Crippen molar-refractivity contribution in [3.8, 4) is 11.1 Å². The van der Waals surface area contributed by atoms with E-state index < -0.39 is 17.5 Å². The van der Waals surface area contributed by atoms with Crippen LogP contribution in [0.15, 0.2) is 66.9 Å². The molecule has 1 N–H and O–H groups in total. The van der Waals surface area contributed by atoms with Crippen LogP contribution in [0.3, 0.4) is 0 Å². The quantitative estimate of drug-likeness (QED) is 0.315. The molecule has 184 valence electrons. The molecule has 6 heteroatoms. The van der Waals surface area contributed by atoms with Gasteiger partial charge in [0.05, 0.1) is 22.4 Å². The van der Waals surface area contributed by atoms with Gasteiger partial charge in [-0.15, -0.1) is 0 Å². The van der Waals surface area contributed by atoms with E-state index in [1.807, 2.05) is 70.2 Å². The molecule has 2 aromatic carbocycles. The maximum atomic E-state index is 13.0. The number of carbonyl (C=O) groups is 2. The monoisotopic (exact) mass is 482 g/mol. The molecule has 1 atom stereocenters. The third kappa shape index (κ3) is 4.51. The third-order valence-corrected chi connectivity index (χ3v) is 6.64. The average molecular weight is 483 g/mol. The molecule has 36 heavy (non-hydrogen) atoms. The summed E-state index contributed by atoms with van der Waals surface area (Å²) >= 11 is 0. The van der Waals surface area contributed by atoms with Crippen LogP contribution < -0.4 is 0 Å². The van der Waals surface area contributed by atoms with E-state index in [9.17, 15) is 14.7 Å². The Morgan fingerprint density at radius 3 is 2.36 bits per heavy atom. The number of hydrogen-bond donors (Lipinski definition) is 1. The van der Waals surface area contributed by atoms with Crippen molar-refractivity contribution in [2.75, 3.05) is 0 Å². The summed E-state index contributed by atoms with van der Waals surface area (Å²) in [5.41, 5.74) is 5.63. The topological polar surface area (TPSA) is 80.9 Å². The standard InChI is InChI=1S/C30H30N2O4/c1-18-9-16-25(32-17-24(20-12-13-20)31-27(18)32)26(36-29(35)30(2,3)4)21-14-10-19(11-15-21)22-7-5-6-8-23(22)28(33)34/h5-11,14-17,20,26H,12-13H2,1-4H3,(H,33,34). The van der Waals surface area contributed by atoms with Crippen LogP contribution >= 0.6 is 0 Å². The molecule has 2 heterocycles. The van der Waals surface area contributed by atoms with Gasteiger partial charge in [-0.25, -0.2) is 9.78 Å². The first-order valence-corrected chi connectivity index (χ1v) is 12.3. The van der Waals surface area contributed by atoms with Gasteiger partial charge in [0, 0.05) is 12.1 Å². The van der Waals surface area contributed by atoms with Gasteiger partial charge in [-0.05, 0) is 74.9 Å². The lowest BCUT2D eigenvalue weighted by molar-refractivity contribution is -0.157. The Labute approximate surface area is 210 Å². The molecule has 0 bridgehead atoms. The lowest BCUT2D eigenvalue weighted by Gasteiger charge is -2.25.